The number of aliphatic carboxylic acids is 1. The summed E-state index contributed by atoms with van der Waals surface area (Å²) in [7, 11) is 0. The summed E-state index contributed by atoms with van der Waals surface area (Å²) in [4.78, 5) is 37.4. The summed E-state index contributed by atoms with van der Waals surface area (Å²) in [5.74, 6) is -0.902. The number of amides is 1. The molecule has 6 rings (SSSR count). The fourth-order valence-electron chi connectivity index (χ4n) is 6.77. The minimum Gasteiger partial charge on any atom is -0.480 e. The van der Waals surface area contributed by atoms with Gasteiger partial charge in [-0.1, -0.05) is 62.4 Å². The minimum absolute atomic E-state index is 0.360. The number of benzene rings is 2. The molecule has 0 saturated heterocycles. The highest BCUT2D eigenvalue weighted by molar-refractivity contribution is 6.03. The lowest BCUT2D eigenvalue weighted by atomic mass is 9.81. The van der Waals surface area contributed by atoms with Gasteiger partial charge in [0.2, 0.25) is 0 Å². The van der Waals surface area contributed by atoms with E-state index < -0.39 is 11.5 Å². The van der Waals surface area contributed by atoms with Gasteiger partial charge < -0.3 is 15.0 Å². The van der Waals surface area contributed by atoms with E-state index in [1.54, 1.807) is 0 Å². The van der Waals surface area contributed by atoms with Crippen LogP contribution >= 0.6 is 0 Å². The van der Waals surface area contributed by atoms with E-state index in [1.807, 2.05) is 36.4 Å². The van der Waals surface area contributed by atoms with Gasteiger partial charge in [-0.25, -0.2) is 4.79 Å². The van der Waals surface area contributed by atoms with Crippen LogP contribution < -0.4 is 5.32 Å². The maximum absolute atomic E-state index is 13.4. The Balaban J connectivity index is 1.53. The van der Waals surface area contributed by atoms with Gasteiger partial charge in [0.25, 0.3) is 5.91 Å². The van der Waals surface area contributed by atoms with Crippen molar-refractivity contribution in [1.29, 1.82) is 0 Å². The molecule has 2 aliphatic carbocycles. The molecule has 190 valence electrons. The van der Waals surface area contributed by atoms with Gasteiger partial charge in [0.1, 0.15) is 11.8 Å². The molecule has 6 heteroatoms. The van der Waals surface area contributed by atoms with Crippen molar-refractivity contribution in [2.45, 2.75) is 75.8 Å². The monoisotopic (exact) mass is 496 g/mol. The number of nitrogens with one attached hydrogen (secondary N) is 1. The summed E-state index contributed by atoms with van der Waals surface area (Å²) in [6.07, 6.45) is 11.3. The lowest BCUT2D eigenvalue weighted by molar-refractivity contribution is -0.144. The zero-order valence-electron chi connectivity index (χ0n) is 21.0. The van der Waals surface area contributed by atoms with Crippen molar-refractivity contribution < 1.29 is 19.5 Å². The highest BCUT2D eigenvalue weighted by atomic mass is 16.4. The molecular formula is C31H32N2O4. The van der Waals surface area contributed by atoms with Crippen LogP contribution in [0.15, 0.2) is 48.0 Å². The molecule has 0 unspecified atom stereocenters. The largest absolute Gasteiger partial charge is 0.480 e. The highest BCUT2D eigenvalue weighted by Crippen LogP contribution is 2.46. The molecule has 0 radical (unpaired) electrons. The Morgan fingerprint density at radius 2 is 1.76 bits per heavy atom. The molecule has 6 nitrogen and oxygen atoms in total. The number of carboxylic acids is 1. The topological polar surface area (TPSA) is 88.4 Å². The number of carbonyl (C=O) groups is 3. The number of carbonyl (C=O) groups excluding carboxylic acids is 2. The zero-order chi connectivity index (χ0) is 25.6. The molecule has 1 aromatic heterocycles. The molecule has 1 aliphatic heterocycles. The van der Waals surface area contributed by atoms with Crippen molar-refractivity contribution in [3.63, 3.8) is 0 Å². The van der Waals surface area contributed by atoms with E-state index in [0.29, 0.717) is 36.4 Å². The second-order valence-electron chi connectivity index (χ2n) is 10.9. The van der Waals surface area contributed by atoms with Crippen LogP contribution in [0.25, 0.3) is 28.2 Å². The van der Waals surface area contributed by atoms with Crippen molar-refractivity contribution in [1.82, 2.24) is 9.88 Å². The minimum atomic E-state index is -1.19. The molecule has 2 fully saturated rings. The Morgan fingerprint density at radius 3 is 2.49 bits per heavy atom. The quantitative estimate of drug-likeness (QED) is 0.419. The van der Waals surface area contributed by atoms with Crippen molar-refractivity contribution >= 4 is 35.1 Å². The molecule has 0 bridgehead atoms. The number of rotatable bonds is 5. The van der Waals surface area contributed by atoms with Gasteiger partial charge in [0, 0.05) is 27.6 Å². The average Bonchev–Trinajstić information content (AvgIpc) is 3.48. The lowest BCUT2D eigenvalue weighted by Crippen LogP contribution is -2.52. The third kappa shape index (κ3) is 3.99. The fraction of sp³-hybridized carbons (Fsp3) is 0.387. The first-order valence-electron chi connectivity index (χ1n) is 13.5. The van der Waals surface area contributed by atoms with E-state index in [2.05, 4.69) is 22.0 Å². The molecule has 2 heterocycles. The van der Waals surface area contributed by atoms with Gasteiger partial charge in [0.15, 0.2) is 0 Å². The smallest absolute Gasteiger partial charge is 0.329 e. The van der Waals surface area contributed by atoms with Gasteiger partial charge in [-0.2, -0.15) is 0 Å². The summed E-state index contributed by atoms with van der Waals surface area (Å²) in [6, 6.07) is 14.0. The first-order chi connectivity index (χ1) is 18.0. The third-order valence-electron chi connectivity index (χ3n) is 8.65. The van der Waals surface area contributed by atoms with Crippen LogP contribution in [-0.2, 0) is 16.1 Å². The van der Waals surface area contributed by atoms with Crippen molar-refractivity contribution in [3.8, 4) is 11.3 Å². The van der Waals surface area contributed by atoms with Crippen LogP contribution in [0.3, 0.4) is 0 Å². The Kier molecular flexibility index (Phi) is 5.98. The number of aldehydes is 1. The molecule has 2 N–H and O–H groups in total. The number of hydrogen-bond donors (Lipinski definition) is 2. The number of carboxylic acid groups (broad SMARTS) is 1. The molecule has 3 aromatic rings. The Bertz CT molecular complexity index is 1430. The number of hydrogen-bond acceptors (Lipinski definition) is 3. The summed E-state index contributed by atoms with van der Waals surface area (Å²) in [6.45, 7) is 0.431. The molecule has 2 aromatic carbocycles. The van der Waals surface area contributed by atoms with E-state index in [1.165, 1.54) is 24.8 Å². The second kappa shape index (κ2) is 9.33. The van der Waals surface area contributed by atoms with E-state index in [4.69, 9.17) is 0 Å². The lowest BCUT2D eigenvalue weighted by Gasteiger charge is -2.25. The van der Waals surface area contributed by atoms with Crippen LogP contribution in [0.5, 0.6) is 0 Å². The Hall–Kier alpha value is -3.67. The maximum atomic E-state index is 13.4. The zero-order valence-corrected chi connectivity index (χ0v) is 21.0. The van der Waals surface area contributed by atoms with Gasteiger partial charge in [0.05, 0.1) is 12.2 Å². The van der Waals surface area contributed by atoms with Gasteiger partial charge in [-0.15, -0.1) is 0 Å². The summed E-state index contributed by atoms with van der Waals surface area (Å²) in [5, 5.41) is 13.8. The number of fused-ring (bicyclic) bond motifs is 5. The number of allylic oxidation sites excluding steroid dienone is 1. The van der Waals surface area contributed by atoms with Crippen LogP contribution in [0.4, 0.5) is 0 Å². The van der Waals surface area contributed by atoms with E-state index in [0.717, 1.165) is 59.7 Å². The molecule has 37 heavy (non-hydrogen) atoms. The molecule has 0 spiro atoms. The van der Waals surface area contributed by atoms with Crippen molar-refractivity contribution in [2.24, 2.45) is 0 Å². The first kappa shape index (κ1) is 23.7. The van der Waals surface area contributed by atoms with Crippen molar-refractivity contribution in [2.75, 3.05) is 0 Å². The van der Waals surface area contributed by atoms with E-state index >= 15 is 0 Å². The van der Waals surface area contributed by atoms with Gasteiger partial charge in [-0.05, 0) is 60.9 Å². The van der Waals surface area contributed by atoms with Crippen LogP contribution in [0, 0.1) is 0 Å². The van der Waals surface area contributed by atoms with Crippen LogP contribution in [-0.4, -0.2) is 33.4 Å². The normalized spacial score (nSPS) is 19.0. The molecule has 1 amide bonds. The van der Waals surface area contributed by atoms with Gasteiger partial charge >= 0.3 is 5.97 Å². The second-order valence-corrected chi connectivity index (χ2v) is 10.9. The molecular weight excluding hydrogens is 464 g/mol. The average molecular weight is 497 g/mol. The summed E-state index contributed by atoms with van der Waals surface area (Å²) >= 11 is 0. The fourth-order valence-corrected chi connectivity index (χ4v) is 6.77. The number of nitrogens with zero attached hydrogens (tertiary/aromatic N) is 1. The van der Waals surface area contributed by atoms with Crippen LogP contribution in [0.1, 0.15) is 85.2 Å². The summed E-state index contributed by atoms with van der Waals surface area (Å²) < 4.78 is 2.20. The van der Waals surface area contributed by atoms with E-state index in [9.17, 15) is 19.5 Å². The predicted molar refractivity (Wildman–Crippen MR) is 144 cm³/mol. The van der Waals surface area contributed by atoms with Gasteiger partial charge in [-0.3, -0.25) is 9.59 Å². The van der Waals surface area contributed by atoms with Crippen LogP contribution in [0.2, 0.25) is 0 Å². The summed E-state index contributed by atoms with van der Waals surface area (Å²) in [5.41, 5.74) is 5.45. The number of aromatic nitrogens is 1. The highest BCUT2D eigenvalue weighted by Gasteiger charge is 2.42. The Morgan fingerprint density at radius 1 is 1.00 bits per heavy atom. The molecule has 3 aliphatic rings. The Labute approximate surface area is 216 Å². The SMILES string of the molecule is O=CC1=Cc2ccccc2-c2c(C3CCCCC3)c3ccc(C(=O)NC4(C(=O)O)CCCC4)cc3n2C1. The predicted octanol–water partition coefficient (Wildman–Crippen LogP) is 6.08. The third-order valence-corrected chi connectivity index (χ3v) is 8.65. The standard InChI is InChI=1S/C31H32N2O4/c34-19-20-16-22-10-4-5-11-24(22)28-27(21-8-2-1-3-9-21)25-13-12-23(17-26(25)33(28)18-20)29(35)32-31(30(36)37)14-6-7-15-31/h4-5,10-13,16-17,19,21H,1-3,6-9,14-15,18H2,(H,32,35)(H,36,37). The first-order valence-corrected chi connectivity index (χ1v) is 13.5. The maximum Gasteiger partial charge on any atom is 0.329 e. The van der Waals surface area contributed by atoms with E-state index in [-0.39, 0.29) is 5.91 Å². The molecule has 0 atom stereocenters. The van der Waals surface area contributed by atoms with Crippen molar-refractivity contribution in [3.05, 3.63) is 64.7 Å². The molecule has 2 saturated carbocycles.